The Labute approximate surface area is 117 Å². The van der Waals surface area contributed by atoms with Crippen LogP contribution in [0.5, 0.6) is 0 Å². The average molecular weight is 310 g/mol. The zero-order valence-corrected chi connectivity index (χ0v) is 12.2. The summed E-state index contributed by atoms with van der Waals surface area (Å²) in [6, 6.07) is 3.75. The zero-order chi connectivity index (χ0) is 12.4. The third kappa shape index (κ3) is 3.31. The standard InChI is InChI=1S/C14H20BrN3/c15-12-7-11(8-16-10-12)9-17-13-3-5-18(6-4-13)14-1-2-14/h7-8,10,13-14,17H,1-6,9H2. The third-order valence-corrected chi connectivity index (χ3v) is 4.38. The van der Waals surface area contributed by atoms with Crippen molar-refractivity contribution in [2.75, 3.05) is 13.1 Å². The van der Waals surface area contributed by atoms with Crippen molar-refractivity contribution in [2.45, 2.75) is 44.3 Å². The Morgan fingerprint density at radius 2 is 2.00 bits per heavy atom. The van der Waals surface area contributed by atoms with Gasteiger partial charge in [-0.15, -0.1) is 0 Å². The van der Waals surface area contributed by atoms with Gasteiger partial charge in [0, 0.05) is 35.5 Å². The number of hydrogen-bond donors (Lipinski definition) is 1. The van der Waals surface area contributed by atoms with E-state index in [0.717, 1.165) is 17.1 Å². The SMILES string of the molecule is Brc1cncc(CNC2CCN(C3CC3)CC2)c1. The van der Waals surface area contributed by atoms with Crippen molar-refractivity contribution in [2.24, 2.45) is 0 Å². The molecule has 18 heavy (non-hydrogen) atoms. The fourth-order valence-corrected chi connectivity index (χ4v) is 3.14. The van der Waals surface area contributed by atoms with E-state index >= 15 is 0 Å². The number of rotatable bonds is 4. The Morgan fingerprint density at radius 1 is 1.22 bits per heavy atom. The van der Waals surface area contributed by atoms with E-state index in [9.17, 15) is 0 Å². The Morgan fingerprint density at radius 3 is 2.67 bits per heavy atom. The number of halogens is 1. The van der Waals surface area contributed by atoms with Gasteiger partial charge < -0.3 is 10.2 Å². The topological polar surface area (TPSA) is 28.2 Å². The lowest BCUT2D eigenvalue weighted by Crippen LogP contribution is -2.43. The molecule has 1 saturated heterocycles. The van der Waals surface area contributed by atoms with Crippen LogP contribution in [0.3, 0.4) is 0 Å². The molecule has 1 aromatic heterocycles. The van der Waals surface area contributed by atoms with Gasteiger partial charge >= 0.3 is 0 Å². The van der Waals surface area contributed by atoms with E-state index in [-0.39, 0.29) is 0 Å². The van der Waals surface area contributed by atoms with Crippen LogP contribution in [-0.4, -0.2) is 35.1 Å². The van der Waals surface area contributed by atoms with Crippen molar-refractivity contribution in [3.63, 3.8) is 0 Å². The molecule has 2 heterocycles. The van der Waals surface area contributed by atoms with Crippen molar-refractivity contribution >= 4 is 15.9 Å². The van der Waals surface area contributed by atoms with E-state index in [1.54, 1.807) is 0 Å². The molecule has 0 amide bonds. The number of nitrogens with one attached hydrogen (secondary N) is 1. The lowest BCUT2D eigenvalue weighted by atomic mass is 10.0. The number of aromatic nitrogens is 1. The second-order valence-corrected chi connectivity index (χ2v) is 6.35. The van der Waals surface area contributed by atoms with E-state index in [1.165, 1.54) is 44.3 Å². The molecule has 3 rings (SSSR count). The Balaban J connectivity index is 1.43. The number of piperidine rings is 1. The van der Waals surface area contributed by atoms with Gasteiger partial charge in [-0.25, -0.2) is 0 Å². The van der Waals surface area contributed by atoms with Crippen molar-refractivity contribution in [1.29, 1.82) is 0 Å². The van der Waals surface area contributed by atoms with E-state index in [4.69, 9.17) is 0 Å². The lowest BCUT2D eigenvalue weighted by Gasteiger charge is -2.32. The first-order chi connectivity index (χ1) is 8.81. The molecule has 1 N–H and O–H groups in total. The maximum atomic E-state index is 4.20. The molecule has 0 atom stereocenters. The zero-order valence-electron chi connectivity index (χ0n) is 10.6. The maximum Gasteiger partial charge on any atom is 0.0410 e. The van der Waals surface area contributed by atoms with Crippen LogP contribution >= 0.6 is 15.9 Å². The third-order valence-electron chi connectivity index (χ3n) is 3.95. The summed E-state index contributed by atoms with van der Waals surface area (Å²) in [5.41, 5.74) is 1.26. The van der Waals surface area contributed by atoms with Crippen LogP contribution in [0.25, 0.3) is 0 Å². The van der Waals surface area contributed by atoms with E-state index in [0.29, 0.717) is 6.04 Å². The van der Waals surface area contributed by atoms with Crippen molar-refractivity contribution < 1.29 is 0 Å². The molecule has 1 aliphatic carbocycles. The highest BCUT2D eigenvalue weighted by Gasteiger charge is 2.31. The first kappa shape index (κ1) is 12.6. The number of nitrogens with zero attached hydrogens (tertiary/aromatic N) is 2. The van der Waals surface area contributed by atoms with Crippen LogP contribution in [0, 0.1) is 0 Å². The van der Waals surface area contributed by atoms with E-state index in [1.807, 2.05) is 12.4 Å². The molecule has 0 unspecified atom stereocenters. The van der Waals surface area contributed by atoms with Crippen molar-refractivity contribution in [1.82, 2.24) is 15.2 Å². The van der Waals surface area contributed by atoms with Gasteiger partial charge in [0.05, 0.1) is 0 Å². The van der Waals surface area contributed by atoms with Gasteiger partial charge in [0.2, 0.25) is 0 Å². The minimum atomic E-state index is 0.680. The minimum Gasteiger partial charge on any atom is -0.310 e. The Kier molecular flexibility index (Phi) is 3.97. The van der Waals surface area contributed by atoms with Crippen LogP contribution in [0.15, 0.2) is 22.9 Å². The van der Waals surface area contributed by atoms with Crippen molar-refractivity contribution in [3.05, 3.63) is 28.5 Å². The summed E-state index contributed by atoms with van der Waals surface area (Å²) in [6.45, 7) is 3.48. The molecule has 1 aromatic rings. The summed E-state index contributed by atoms with van der Waals surface area (Å²) in [6.07, 6.45) is 9.22. The first-order valence-corrected chi connectivity index (χ1v) is 7.67. The summed E-state index contributed by atoms with van der Waals surface area (Å²) < 4.78 is 1.06. The molecule has 0 spiro atoms. The molecule has 2 fully saturated rings. The van der Waals surface area contributed by atoms with E-state index in [2.05, 4.69) is 37.2 Å². The molecule has 2 aliphatic rings. The van der Waals surface area contributed by atoms with Gasteiger partial charge in [0.15, 0.2) is 0 Å². The molecule has 4 heteroatoms. The van der Waals surface area contributed by atoms with Gasteiger partial charge in [0.1, 0.15) is 0 Å². The molecular formula is C14H20BrN3. The van der Waals surface area contributed by atoms with Crippen LogP contribution in [0.2, 0.25) is 0 Å². The van der Waals surface area contributed by atoms with Gasteiger partial charge in [0.25, 0.3) is 0 Å². The van der Waals surface area contributed by atoms with Gasteiger partial charge in [-0.1, -0.05) is 0 Å². The van der Waals surface area contributed by atoms with Crippen LogP contribution in [-0.2, 0) is 6.54 Å². The summed E-state index contributed by atoms with van der Waals surface area (Å²) in [5, 5.41) is 3.66. The van der Waals surface area contributed by atoms with E-state index < -0.39 is 0 Å². The van der Waals surface area contributed by atoms with Crippen molar-refractivity contribution in [3.8, 4) is 0 Å². The maximum absolute atomic E-state index is 4.20. The number of pyridine rings is 1. The van der Waals surface area contributed by atoms with Gasteiger partial charge in [-0.05, 0) is 66.3 Å². The van der Waals surface area contributed by atoms with Crippen LogP contribution < -0.4 is 5.32 Å². The Hall–Kier alpha value is -0.450. The smallest absolute Gasteiger partial charge is 0.0410 e. The largest absolute Gasteiger partial charge is 0.310 e. The summed E-state index contributed by atoms with van der Waals surface area (Å²) in [5.74, 6) is 0. The second kappa shape index (κ2) is 5.68. The molecule has 0 aromatic carbocycles. The summed E-state index contributed by atoms with van der Waals surface area (Å²) in [7, 11) is 0. The number of likely N-dealkylation sites (tertiary alicyclic amines) is 1. The first-order valence-electron chi connectivity index (χ1n) is 6.88. The molecule has 98 valence electrons. The summed E-state index contributed by atoms with van der Waals surface area (Å²) in [4.78, 5) is 6.86. The molecular weight excluding hydrogens is 290 g/mol. The molecule has 0 radical (unpaired) electrons. The van der Waals surface area contributed by atoms with Crippen LogP contribution in [0.4, 0.5) is 0 Å². The van der Waals surface area contributed by atoms with Gasteiger partial charge in [-0.3, -0.25) is 4.98 Å². The molecule has 3 nitrogen and oxygen atoms in total. The molecule has 1 aliphatic heterocycles. The number of hydrogen-bond acceptors (Lipinski definition) is 3. The summed E-state index contributed by atoms with van der Waals surface area (Å²) >= 11 is 3.46. The predicted octanol–water partition coefficient (Wildman–Crippen LogP) is 2.56. The molecule has 0 bridgehead atoms. The highest BCUT2D eigenvalue weighted by molar-refractivity contribution is 9.10. The Bertz CT molecular complexity index is 398. The minimum absolute atomic E-state index is 0.680. The average Bonchev–Trinajstić information content (AvgIpc) is 3.21. The normalized spacial score (nSPS) is 22.3. The quantitative estimate of drug-likeness (QED) is 0.926. The highest BCUT2D eigenvalue weighted by Crippen LogP contribution is 2.29. The molecule has 1 saturated carbocycles. The van der Waals surface area contributed by atoms with Crippen LogP contribution in [0.1, 0.15) is 31.2 Å². The van der Waals surface area contributed by atoms with Gasteiger partial charge in [-0.2, -0.15) is 0 Å². The predicted molar refractivity (Wildman–Crippen MR) is 76.4 cm³/mol. The highest BCUT2D eigenvalue weighted by atomic mass is 79.9. The fraction of sp³-hybridized carbons (Fsp3) is 0.643. The fourth-order valence-electron chi connectivity index (χ4n) is 2.72. The lowest BCUT2D eigenvalue weighted by molar-refractivity contribution is 0.189. The second-order valence-electron chi connectivity index (χ2n) is 5.43. The monoisotopic (exact) mass is 309 g/mol.